The molecule has 0 atom stereocenters. The van der Waals surface area contributed by atoms with Crippen LogP contribution in [-0.2, 0) is 13.0 Å². The molecule has 3 nitrogen and oxygen atoms in total. The molecule has 0 radical (unpaired) electrons. The fraction of sp³-hybridized carbons (Fsp3) is 0.400. The van der Waals surface area contributed by atoms with Gasteiger partial charge in [0.25, 0.3) is 0 Å². The lowest BCUT2D eigenvalue weighted by atomic mass is 10.1. The first-order valence-corrected chi connectivity index (χ1v) is 8.23. The molecule has 2 rings (SSSR count). The minimum atomic E-state index is 0. The summed E-state index contributed by atoms with van der Waals surface area (Å²) in [6, 6.07) is 16.5. The summed E-state index contributed by atoms with van der Waals surface area (Å²) in [6.45, 7) is 6.91. The average molecular weight is 350 g/mol. The molecular weight excluding hydrogens is 322 g/mol. The molecule has 0 spiro atoms. The summed E-state index contributed by atoms with van der Waals surface area (Å²) < 4.78 is 11.3. The van der Waals surface area contributed by atoms with Gasteiger partial charge >= 0.3 is 0 Å². The van der Waals surface area contributed by atoms with Gasteiger partial charge in [0.15, 0.2) is 11.5 Å². The Balaban J connectivity index is 0.00000288. The van der Waals surface area contributed by atoms with Crippen molar-refractivity contribution < 1.29 is 9.47 Å². The molecule has 0 saturated heterocycles. The molecule has 0 saturated carbocycles. The highest BCUT2D eigenvalue weighted by Crippen LogP contribution is 2.28. The topological polar surface area (TPSA) is 30.5 Å². The smallest absolute Gasteiger partial charge is 0.161 e. The molecule has 0 aliphatic heterocycles. The fourth-order valence-corrected chi connectivity index (χ4v) is 2.37. The molecule has 132 valence electrons. The number of halogens is 1. The van der Waals surface area contributed by atoms with E-state index in [0.717, 1.165) is 31.0 Å². The zero-order chi connectivity index (χ0) is 16.5. The summed E-state index contributed by atoms with van der Waals surface area (Å²) in [7, 11) is 1.69. The van der Waals surface area contributed by atoms with Crippen LogP contribution in [0.1, 0.15) is 25.0 Å². The third-order valence-electron chi connectivity index (χ3n) is 3.60. The van der Waals surface area contributed by atoms with Crippen LogP contribution >= 0.6 is 12.4 Å². The van der Waals surface area contributed by atoms with Crippen LogP contribution in [0.4, 0.5) is 0 Å². The van der Waals surface area contributed by atoms with Crippen molar-refractivity contribution in [2.75, 3.05) is 20.3 Å². The second-order valence-electron chi connectivity index (χ2n) is 6.09. The van der Waals surface area contributed by atoms with Crippen molar-refractivity contribution in [2.24, 2.45) is 5.92 Å². The number of hydrogen-bond acceptors (Lipinski definition) is 3. The van der Waals surface area contributed by atoms with Crippen LogP contribution in [0.15, 0.2) is 48.5 Å². The Morgan fingerprint density at radius 2 is 1.71 bits per heavy atom. The maximum Gasteiger partial charge on any atom is 0.161 e. The Bertz CT molecular complexity index is 587. The van der Waals surface area contributed by atoms with Gasteiger partial charge in [-0.15, -0.1) is 12.4 Å². The first-order valence-electron chi connectivity index (χ1n) is 8.23. The van der Waals surface area contributed by atoms with E-state index in [1.165, 1.54) is 11.1 Å². The Kier molecular flexibility index (Phi) is 9.28. The van der Waals surface area contributed by atoms with Gasteiger partial charge in [0, 0.05) is 13.0 Å². The van der Waals surface area contributed by atoms with Gasteiger partial charge < -0.3 is 14.8 Å². The van der Waals surface area contributed by atoms with Crippen LogP contribution < -0.4 is 14.8 Å². The third-order valence-corrected chi connectivity index (χ3v) is 3.60. The third kappa shape index (κ3) is 6.81. The number of benzene rings is 2. The van der Waals surface area contributed by atoms with Gasteiger partial charge in [-0.2, -0.15) is 0 Å². The summed E-state index contributed by atoms with van der Waals surface area (Å²) in [5, 5.41) is 3.44. The zero-order valence-electron chi connectivity index (χ0n) is 14.7. The van der Waals surface area contributed by atoms with E-state index in [1.54, 1.807) is 7.11 Å². The van der Waals surface area contributed by atoms with Gasteiger partial charge in [0.05, 0.1) is 13.7 Å². The van der Waals surface area contributed by atoms with Crippen LogP contribution in [0.2, 0.25) is 0 Å². The summed E-state index contributed by atoms with van der Waals surface area (Å²) in [5.74, 6) is 2.25. The second kappa shape index (κ2) is 11.0. The van der Waals surface area contributed by atoms with Crippen molar-refractivity contribution in [3.05, 3.63) is 59.7 Å². The molecule has 0 aromatic heterocycles. The van der Waals surface area contributed by atoms with E-state index < -0.39 is 0 Å². The van der Waals surface area contributed by atoms with E-state index in [4.69, 9.17) is 9.47 Å². The van der Waals surface area contributed by atoms with Crippen molar-refractivity contribution in [1.82, 2.24) is 5.32 Å². The molecule has 0 bridgehead atoms. The molecule has 0 aliphatic rings. The largest absolute Gasteiger partial charge is 0.493 e. The van der Waals surface area contributed by atoms with Gasteiger partial charge in [-0.05, 0) is 35.7 Å². The van der Waals surface area contributed by atoms with Crippen LogP contribution in [0, 0.1) is 5.92 Å². The van der Waals surface area contributed by atoms with E-state index in [0.29, 0.717) is 12.5 Å². The van der Waals surface area contributed by atoms with Gasteiger partial charge in [0.2, 0.25) is 0 Å². The van der Waals surface area contributed by atoms with Gasteiger partial charge in [-0.1, -0.05) is 50.2 Å². The lowest BCUT2D eigenvalue weighted by Crippen LogP contribution is -2.18. The molecule has 4 heteroatoms. The molecule has 0 aliphatic carbocycles. The zero-order valence-corrected chi connectivity index (χ0v) is 15.6. The standard InChI is InChI=1S/C20H27NO2.ClH/c1-16(2)14-21-15-18-9-10-19(20(13-18)22-3)23-12-11-17-7-5-4-6-8-17;/h4-10,13,16,21H,11-12,14-15H2,1-3H3;1H. The van der Waals surface area contributed by atoms with E-state index in [-0.39, 0.29) is 12.4 Å². The highest BCUT2D eigenvalue weighted by atomic mass is 35.5. The molecule has 24 heavy (non-hydrogen) atoms. The molecule has 2 aromatic rings. The van der Waals surface area contributed by atoms with Crippen molar-refractivity contribution in [3.63, 3.8) is 0 Å². The van der Waals surface area contributed by atoms with Gasteiger partial charge in [-0.25, -0.2) is 0 Å². The summed E-state index contributed by atoms with van der Waals surface area (Å²) in [6.07, 6.45) is 0.891. The highest BCUT2D eigenvalue weighted by molar-refractivity contribution is 5.85. The van der Waals surface area contributed by atoms with Gasteiger partial charge in [0.1, 0.15) is 0 Å². The molecule has 0 amide bonds. The lowest BCUT2D eigenvalue weighted by Gasteiger charge is -2.13. The molecular formula is C20H28ClNO2. The van der Waals surface area contributed by atoms with Crippen LogP contribution in [0.25, 0.3) is 0 Å². The number of methoxy groups -OCH3 is 1. The molecule has 0 unspecified atom stereocenters. The summed E-state index contributed by atoms with van der Waals surface area (Å²) >= 11 is 0. The minimum absolute atomic E-state index is 0. The number of ether oxygens (including phenoxy) is 2. The Hall–Kier alpha value is -1.71. The maximum atomic E-state index is 5.88. The number of hydrogen-bond donors (Lipinski definition) is 1. The SMILES string of the molecule is COc1cc(CNCC(C)C)ccc1OCCc1ccccc1.Cl. The van der Waals surface area contributed by atoms with Crippen LogP contribution in [-0.4, -0.2) is 20.3 Å². The van der Waals surface area contributed by atoms with E-state index in [9.17, 15) is 0 Å². The number of rotatable bonds is 9. The predicted molar refractivity (Wildman–Crippen MR) is 102 cm³/mol. The number of nitrogens with one attached hydrogen (secondary N) is 1. The molecule has 1 N–H and O–H groups in total. The van der Waals surface area contributed by atoms with Crippen molar-refractivity contribution in [2.45, 2.75) is 26.8 Å². The first-order chi connectivity index (χ1) is 11.2. The molecule has 0 heterocycles. The fourth-order valence-electron chi connectivity index (χ4n) is 2.37. The van der Waals surface area contributed by atoms with Crippen molar-refractivity contribution >= 4 is 12.4 Å². The van der Waals surface area contributed by atoms with E-state index in [2.05, 4.69) is 49.5 Å². The highest BCUT2D eigenvalue weighted by Gasteiger charge is 2.06. The normalized spacial score (nSPS) is 10.3. The van der Waals surface area contributed by atoms with Crippen molar-refractivity contribution in [3.8, 4) is 11.5 Å². The predicted octanol–water partition coefficient (Wildman–Crippen LogP) is 4.48. The Morgan fingerprint density at radius 1 is 0.958 bits per heavy atom. The first kappa shape index (κ1) is 20.3. The molecule has 0 fully saturated rings. The quantitative estimate of drug-likeness (QED) is 0.723. The van der Waals surface area contributed by atoms with Crippen LogP contribution in [0.5, 0.6) is 11.5 Å². The van der Waals surface area contributed by atoms with Crippen molar-refractivity contribution in [1.29, 1.82) is 0 Å². The maximum absolute atomic E-state index is 5.88. The van der Waals surface area contributed by atoms with E-state index >= 15 is 0 Å². The lowest BCUT2D eigenvalue weighted by molar-refractivity contribution is 0.297. The second-order valence-corrected chi connectivity index (χ2v) is 6.09. The van der Waals surface area contributed by atoms with Gasteiger partial charge in [-0.3, -0.25) is 0 Å². The summed E-state index contributed by atoms with van der Waals surface area (Å²) in [4.78, 5) is 0. The average Bonchev–Trinajstić information content (AvgIpc) is 2.56. The van der Waals surface area contributed by atoms with Crippen LogP contribution in [0.3, 0.4) is 0 Å². The van der Waals surface area contributed by atoms with E-state index in [1.807, 2.05) is 18.2 Å². The molecule has 2 aromatic carbocycles. The minimum Gasteiger partial charge on any atom is -0.493 e. The summed E-state index contributed by atoms with van der Waals surface area (Å²) in [5.41, 5.74) is 2.49. The monoisotopic (exact) mass is 349 g/mol. The Morgan fingerprint density at radius 3 is 2.38 bits per heavy atom. The Labute approximate surface area is 151 Å².